The first-order valence-electron chi connectivity index (χ1n) is 7.23. The summed E-state index contributed by atoms with van der Waals surface area (Å²) in [6.07, 6.45) is 2.83. The molecule has 21 heavy (non-hydrogen) atoms. The van der Waals surface area contributed by atoms with Gasteiger partial charge in [-0.2, -0.15) is 0 Å². The van der Waals surface area contributed by atoms with E-state index in [1.54, 1.807) is 21.1 Å². The summed E-state index contributed by atoms with van der Waals surface area (Å²) in [6.45, 7) is 7.54. The molecule has 114 valence electrons. The average molecular weight is 306 g/mol. The second-order valence-corrected chi connectivity index (χ2v) is 6.88. The maximum absolute atomic E-state index is 12.5. The van der Waals surface area contributed by atoms with Crippen LogP contribution in [0, 0.1) is 12.8 Å². The fourth-order valence-electron chi connectivity index (χ4n) is 2.67. The van der Waals surface area contributed by atoms with E-state index in [1.165, 1.54) is 15.8 Å². The number of thiophene rings is 1. The van der Waals surface area contributed by atoms with Gasteiger partial charge in [0.05, 0.1) is 6.54 Å². The van der Waals surface area contributed by atoms with Crippen molar-refractivity contribution < 1.29 is 9.59 Å². The van der Waals surface area contributed by atoms with E-state index in [4.69, 9.17) is 0 Å². The standard InChI is InChI=1S/C16H22N2O2S/c1-4-15(19)18-9-7-13(8-10-18)16(20)17(3)11-14-6-5-12(2)21-14/h4-6,13H,1,7-11H2,2-3H3. The van der Waals surface area contributed by atoms with Crippen LogP contribution in [0.1, 0.15) is 22.6 Å². The lowest BCUT2D eigenvalue weighted by atomic mass is 9.95. The Kier molecular flexibility index (Phi) is 5.17. The molecule has 2 amide bonds. The number of likely N-dealkylation sites (tertiary alicyclic amines) is 1. The molecule has 0 radical (unpaired) electrons. The molecule has 1 aliphatic heterocycles. The van der Waals surface area contributed by atoms with Crippen molar-refractivity contribution >= 4 is 23.2 Å². The first kappa shape index (κ1) is 15.8. The van der Waals surface area contributed by atoms with Gasteiger partial charge in [0.2, 0.25) is 11.8 Å². The number of piperidine rings is 1. The van der Waals surface area contributed by atoms with Gasteiger partial charge in [0, 0.05) is 35.8 Å². The van der Waals surface area contributed by atoms with E-state index in [0.717, 1.165) is 12.8 Å². The summed E-state index contributed by atoms with van der Waals surface area (Å²) in [4.78, 5) is 30.0. The zero-order valence-electron chi connectivity index (χ0n) is 12.7. The van der Waals surface area contributed by atoms with Crippen molar-refractivity contribution in [1.82, 2.24) is 9.80 Å². The molecule has 0 saturated carbocycles. The summed E-state index contributed by atoms with van der Waals surface area (Å²) >= 11 is 1.73. The molecule has 0 N–H and O–H groups in total. The maximum atomic E-state index is 12.5. The van der Waals surface area contributed by atoms with Crippen molar-refractivity contribution in [2.24, 2.45) is 5.92 Å². The largest absolute Gasteiger partial charge is 0.340 e. The second kappa shape index (κ2) is 6.89. The van der Waals surface area contributed by atoms with Gasteiger partial charge in [-0.25, -0.2) is 0 Å². The van der Waals surface area contributed by atoms with Crippen molar-refractivity contribution in [3.8, 4) is 0 Å². The maximum Gasteiger partial charge on any atom is 0.245 e. The van der Waals surface area contributed by atoms with E-state index in [2.05, 4.69) is 25.6 Å². The van der Waals surface area contributed by atoms with Crippen LogP contribution in [0.3, 0.4) is 0 Å². The highest BCUT2D eigenvalue weighted by Crippen LogP contribution is 2.22. The lowest BCUT2D eigenvalue weighted by molar-refractivity contribution is -0.138. The summed E-state index contributed by atoms with van der Waals surface area (Å²) in [6, 6.07) is 4.16. The molecule has 0 unspecified atom stereocenters. The van der Waals surface area contributed by atoms with Crippen LogP contribution >= 0.6 is 11.3 Å². The normalized spacial score (nSPS) is 15.8. The van der Waals surface area contributed by atoms with Gasteiger partial charge in [0.15, 0.2) is 0 Å². The Labute approximate surface area is 130 Å². The van der Waals surface area contributed by atoms with Crippen LogP contribution in [0.2, 0.25) is 0 Å². The summed E-state index contributed by atoms with van der Waals surface area (Å²) in [5.74, 6) is 0.181. The van der Waals surface area contributed by atoms with E-state index in [-0.39, 0.29) is 17.7 Å². The van der Waals surface area contributed by atoms with Gasteiger partial charge in [-0.05, 0) is 38.0 Å². The summed E-state index contributed by atoms with van der Waals surface area (Å²) in [7, 11) is 1.86. The minimum Gasteiger partial charge on any atom is -0.340 e. The topological polar surface area (TPSA) is 40.6 Å². The van der Waals surface area contributed by atoms with E-state index < -0.39 is 0 Å². The molecule has 1 fully saturated rings. The Morgan fingerprint density at radius 3 is 2.62 bits per heavy atom. The van der Waals surface area contributed by atoms with E-state index in [0.29, 0.717) is 19.6 Å². The first-order valence-corrected chi connectivity index (χ1v) is 8.04. The molecular weight excluding hydrogens is 284 g/mol. The van der Waals surface area contributed by atoms with E-state index in [9.17, 15) is 9.59 Å². The van der Waals surface area contributed by atoms with Gasteiger partial charge in [0.25, 0.3) is 0 Å². The molecule has 2 rings (SSSR count). The van der Waals surface area contributed by atoms with Gasteiger partial charge in [0.1, 0.15) is 0 Å². The van der Waals surface area contributed by atoms with Crippen LogP contribution in [0.25, 0.3) is 0 Å². The molecule has 2 heterocycles. The Morgan fingerprint density at radius 1 is 1.43 bits per heavy atom. The molecular formula is C16H22N2O2S. The minimum absolute atomic E-state index is 0.0323. The number of carbonyl (C=O) groups excluding carboxylic acids is 2. The lowest BCUT2D eigenvalue weighted by Gasteiger charge is -2.32. The van der Waals surface area contributed by atoms with Gasteiger partial charge in [-0.15, -0.1) is 11.3 Å². The molecule has 1 aliphatic rings. The Hall–Kier alpha value is -1.62. The quantitative estimate of drug-likeness (QED) is 0.802. The van der Waals surface area contributed by atoms with Crippen LogP contribution in [-0.4, -0.2) is 41.8 Å². The highest BCUT2D eigenvalue weighted by atomic mass is 32.1. The zero-order valence-corrected chi connectivity index (χ0v) is 13.5. The van der Waals surface area contributed by atoms with Crippen molar-refractivity contribution in [2.45, 2.75) is 26.3 Å². The third-order valence-corrected chi connectivity index (χ3v) is 4.88. The molecule has 0 aliphatic carbocycles. The number of nitrogens with zero attached hydrogens (tertiary/aromatic N) is 2. The number of hydrogen-bond donors (Lipinski definition) is 0. The number of carbonyl (C=O) groups is 2. The van der Waals surface area contributed by atoms with Crippen LogP contribution < -0.4 is 0 Å². The summed E-state index contributed by atoms with van der Waals surface area (Å²) in [5.41, 5.74) is 0. The van der Waals surface area contributed by atoms with Crippen molar-refractivity contribution in [1.29, 1.82) is 0 Å². The second-order valence-electron chi connectivity index (χ2n) is 5.51. The highest BCUT2D eigenvalue weighted by molar-refractivity contribution is 7.11. The molecule has 0 atom stereocenters. The SMILES string of the molecule is C=CC(=O)N1CCC(C(=O)N(C)Cc2ccc(C)s2)CC1. The third kappa shape index (κ3) is 3.94. The van der Waals surface area contributed by atoms with Crippen LogP contribution in [0.15, 0.2) is 24.8 Å². The molecule has 1 aromatic heterocycles. The highest BCUT2D eigenvalue weighted by Gasteiger charge is 2.28. The van der Waals surface area contributed by atoms with E-state index >= 15 is 0 Å². The number of amides is 2. The smallest absolute Gasteiger partial charge is 0.245 e. The van der Waals surface area contributed by atoms with Crippen LogP contribution in [0.5, 0.6) is 0 Å². The Morgan fingerprint density at radius 2 is 2.10 bits per heavy atom. The Bertz CT molecular complexity index is 530. The molecule has 0 bridgehead atoms. The third-order valence-electron chi connectivity index (χ3n) is 3.90. The molecule has 4 nitrogen and oxygen atoms in total. The fourth-order valence-corrected chi connectivity index (χ4v) is 3.61. The van der Waals surface area contributed by atoms with Crippen molar-refractivity contribution in [2.75, 3.05) is 20.1 Å². The fraction of sp³-hybridized carbons (Fsp3) is 0.500. The molecule has 5 heteroatoms. The molecule has 1 saturated heterocycles. The average Bonchev–Trinajstić information content (AvgIpc) is 2.90. The predicted octanol–water partition coefficient (Wildman–Crippen LogP) is 2.44. The number of hydrogen-bond acceptors (Lipinski definition) is 3. The number of rotatable bonds is 4. The number of aryl methyl sites for hydroxylation is 1. The predicted molar refractivity (Wildman–Crippen MR) is 85.0 cm³/mol. The van der Waals surface area contributed by atoms with Crippen LogP contribution in [0.4, 0.5) is 0 Å². The molecule has 1 aromatic rings. The summed E-state index contributed by atoms with van der Waals surface area (Å²) < 4.78 is 0. The molecule has 0 spiro atoms. The van der Waals surface area contributed by atoms with Gasteiger partial charge >= 0.3 is 0 Å². The van der Waals surface area contributed by atoms with E-state index in [1.807, 2.05) is 7.05 Å². The lowest BCUT2D eigenvalue weighted by Crippen LogP contribution is -2.42. The van der Waals surface area contributed by atoms with Gasteiger partial charge in [-0.1, -0.05) is 6.58 Å². The van der Waals surface area contributed by atoms with Gasteiger partial charge in [-0.3, -0.25) is 9.59 Å². The Balaban J connectivity index is 1.86. The van der Waals surface area contributed by atoms with Crippen molar-refractivity contribution in [3.05, 3.63) is 34.5 Å². The summed E-state index contributed by atoms with van der Waals surface area (Å²) in [5, 5.41) is 0. The first-order chi connectivity index (χ1) is 10.0. The minimum atomic E-state index is -0.0386. The van der Waals surface area contributed by atoms with Crippen LogP contribution in [-0.2, 0) is 16.1 Å². The molecule has 0 aromatic carbocycles. The monoisotopic (exact) mass is 306 g/mol. The van der Waals surface area contributed by atoms with Crippen molar-refractivity contribution in [3.63, 3.8) is 0 Å². The van der Waals surface area contributed by atoms with Gasteiger partial charge < -0.3 is 9.80 Å². The zero-order chi connectivity index (χ0) is 15.4.